The average molecular weight is 219 g/mol. The van der Waals surface area contributed by atoms with E-state index in [4.69, 9.17) is 6.42 Å². The fourth-order valence-electron chi connectivity index (χ4n) is 2.73. The van der Waals surface area contributed by atoms with E-state index in [0.29, 0.717) is 0 Å². The first kappa shape index (κ1) is 13.3. The average Bonchev–Trinajstić information content (AvgIpc) is 2.30. The second kappa shape index (κ2) is 6.76. The van der Waals surface area contributed by atoms with Gasteiger partial charge in [0.1, 0.15) is 0 Å². The molecule has 0 bridgehead atoms. The molecule has 1 rings (SSSR count). The van der Waals surface area contributed by atoms with E-state index < -0.39 is 0 Å². The highest BCUT2D eigenvalue weighted by molar-refractivity contribution is 5.07. The van der Waals surface area contributed by atoms with E-state index in [9.17, 15) is 0 Å². The highest BCUT2D eigenvalue weighted by atomic mass is 15.0. The minimum absolute atomic E-state index is 0.242. The van der Waals surface area contributed by atoms with Gasteiger partial charge in [-0.1, -0.05) is 38.2 Å². The lowest BCUT2D eigenvalue weighted by Crippen LogP contribution is -2.52. The zero-order valence-corrected chi connectivity index (χ0v) is 10.6. The van der Waals surface area contributed by atoms with E-state index in [1.54, 1.807) is 0 Å². The van der Waals surface area contributed by atoms with Gasteiger partial charge in [0.25, 0.3) is 0 Å². The van der Waals surface area contributed by atoms with E-state index in [1.807, 2.05) is 6.08 Å². The lowest BCUT2D eigenvalue weighted by Gasteiger charge is -2.41. The Morgan fingerprint density at radius 2 is 2.38 bits per heavy atom. The molecule has 0 aromatic rings. The molecule has 1 heteroatoms. The van der Waals surface area contributed by atoms with Crippen LogP contribution in [0.25, 0.3) is 0 Å². The number of nitrogens with one attached hydrogen (secondary N) is 1. The van der Waals surface area contributed by atoms with Crippen LogP contribution in [0.15, 0.2) is 12.7 Å². The SMILES string of the molecule is C#C[C@@H]1CCC[C@@](CC=C)(CCCCC)N1. The minimum Gasteiger partial charge on any atom is -0.298 e. The molecule has 1 aliphatic rings. The van der Waals surface area contributed by atoms with Crippen molar-refractivity contribution < 1.29 is 0 Å². The molecule has 0 aromatic heterocycles. The number of hydrogen-bond acceptors (Lipinski definition) is 1. The zero-order chi connectivity index (χ0) is 11.9. The first-order valence-electron chi connectivity index (χ1n) is 6.61. The molecule has 0 aromatic carbocycles. The lowest BCUT2D eigenvalue weighted by atomic mass is 9.79. The summed E-state index contributed by atoms with van der Waals surface area (Å²) in [5, 5.41) is 3.67. The van der Waals surface area contributed by atoms with Crippen LogP contribution in [0.4, 0.5) is 0 Å². The number of rotatable bonds is 6. The summed E-state index contributed by atoms with van der Waals surface area (Å²) in [7, 11) is 0. The first-order chi connectivity index (χ1) is 7.76. The molecule has 16 heavy (non-hydrogen) atoms. The third-order valence-corrected chi connectivity index (χ3v) is 3.62. The van der Waals surface area contributed by atoms with Gasteiger partial charge in [0.15, 0.2) is 0 Å². The van der Waals surface area contributed by atoms with Gasteiger partial charge in [0.05, 0.1) is 6.04 Å². The Kier molecular flexibility index (Phi) is 5.63. The predicted octanol–water partition coefficient (Wildman–Crippen LogP) is 3.66. The highest BCUT2D eigenvalue weighted by Crippen LogP contribution is 2.31. The number of piperidine rings is 1. The van der Waals surface area contributed by atoms with Gasteiger partial charge in [-0.25, -0.2) is 0 Å². The van der Waals surface area contributed by atoms with Gasteiger partial charge in [0.2, 0.25) is 0 Å². The topological polar surface area (TPSA) is 12.0 Å². The van der Waals surface area contributed by atoms with E-state index >= 15 is 0 Å². The van der Waals surface area contributed by atoms with Crippen LogP contribution in [0.3, 0.4) is 0 Å². The van der Waals surface area contributed by atoms with Gasteiger partial charge < -0.3 is 0 Å². The van der Waals surface area contributed by atoms with E-state index in [1.165, 1.54) is 38.5 Å². The summed E-state index contributed by atoms with van der Waals surface area (Å²) in [6, 6.07) is 0.273. The first-order valence-corrected chi connectivity index (χ1v) is 6.61. The normalized spacial score (nSPS) is 29.6. The van der Waals surface area contributed by atoms with E-state index in [2.05, 4.69) is 24.7 Å². The number of terminal acetylenes is 1. The monoisotopic (exact) mass is 219 g/mol. The summed E-state index contributed by atoms with van der Waals surface area (Å²) in [4.78, 5) is 0. The summed E-state index contributed by atoms with van der Waals surface area (Å²) in [5.74, 6) is 2.86. The predicted molar refractivity (Wildman–Crippen MR) is 71.3 cm³/mol. The maximum absolute atomic E-state index is 5.54. The van der Waals surface area contributed by atoms with Crippen molar-refractivity contribution >= 4 is 0 Å². The van der Waals surface area contributed by atoms with Gasteiger partial charge in [-0.2, -0.15) is 0 Å². The van der Waals surface area contributed by atoms with Gasteiger partial charge in [-0.05, 0) is 32.1 Å². The van der Waals surface area contributed by atoms with Gasteiger partial charge in [-0.15, -0.1) is 13.0 Å². The molecular weight excluding hydrogens is 194 g/mol. The molecule has 0 unspecified atom stereocenters. The molecule has 1 nitrogen and oxygen atoms in total. The molecule has 2 atom stereocenters. The summed E-state index contributed by atoms with van der Waals surface area (Å²) in [6.45, 7) is 6.14. The quantitative estimate of drug-likeness (QED) is 0.408. The molecular formula is C15H25N. The van der Waals surface area contributed by atoms with Crippen molar-refractivity contribution in [3.8, 4) is 12.3 Å². The Bertz CT molecular complexity index is 251. The van der Waals surface area contributed by atoms with Crippen LogP contribution < -0.4 is 5.32 Å². The largest absolute Gasteiger partial charge is 0.298 e. The smallest absolute Gasteiger partial charge is 0.0691 e. The van der Waals surface area contributed by atoms with Crippen LogP contribution in [0.2, 0.25) is 0 Å². The van der Waals surface area contributed by atoms with Gasteiger partial charge >= 0.3 is 0 Å². The zero-order valence-electron chi connectivity index (χ0n) is 10.6. The Balaban J connectivity index is 2.56. The molecule has 1 heterocycles. The maximum Gasteiger partial charge on any atom is 0.0691 e. The Hall–Kier alpha value is -0.740. The van der Waals surface area contributed by atoms with Crippen molar-refractivity contribution in [3.05, 3.63) is 12.7 Å². The second-order valence-corrected chi connectivity index (χ2v) is 4.99. The van der Waals surface area contributed by atoms with Crippen LogP contribution in [0, 0.1) is 12.3 Å². The molecule has 1 N–H and O–H groups in total. The molecule has 1 saturated heterocycles. The number of unbranched alkanes of at least 4 members (excludes halogenated alkanes) is 2. The Morgan fingerprint density at radius 3 is 3.00 bits per heavy atom. The molecule has 90 valence electrons. The Labute approximate surface area is 101 Å². The summed E-state index contributed by atoms with van der Waals surface area (Å²) in [6.07, 6.45) is 17.4. The maximum atomic E-state index is 5.54. The molecule has 1 aliphatic heterocycles. The van der Waals surface area contributed by atoms with Gasteiger partial charge in [0, 0.05) is 5.54 Å². The van der Waals surface area contributed by atoms with Crippen molar-refractivity contribution in [1.82, 2.24) is 5.32 Å². The fourth-order valence-corrected chi connectivity index (χ4v) is 2.73. The van der Waals surface area contributed by atoms with Crippen LogP contribution in [-0.2, 0) is 0 Å². The standard InChI is InChI=1S/C15H25N/c1-4-7-8-12-15(11-5-2)13-9-10-14(6-3)16-15/h3,5,14,16H,2,4,7-13H2,1H3/t14-,15-/m1/s1. The van der Waals surface area contributed by atoms with Crippen molar-refractivity contribution in [2.75, 3.05) is 0 Å². The summed E-state index contributed by atoms with van der Waals surface area (Å²) < 4.78 is 0. The van der Waals surface area contributed by atoms with Crippen molar-refractivity contribution in [2.45, 2.75) is 69.9 Å². The van der Waals surface area contributed by atoms with Crippen LogP contribution in [0.5, 0.6) is 0 Å². The molecule has 0 aliphatic carbocycles. The van der Waals surface area contributed by atoms with E-state index in [-0.39, 0.29) is 11.6 Å². The van der Waals surface area contributed by atoms with Crippen LogP contribution in [0.1, 0.15) is 58.3 Å². The summed E-state index contributed by atoms with van der Waals surface area (Å²) >= 11 is 0. The lowest BCUT2D eigenvalue weighted by molar-refractivity contribution is 0.210. The third-order valence-electron chi connectivity index (χ3n) is 3.62. The highest BCUT2D eigenvalue weighted by Gasteiger charge is 2.33. The van der Waals surface area contributed by atoms with Crippen LogP contribution in [-0.4, -0.2) is 11.6 Å². The van der Waals surface area contributed by atoms with Crippen molar-refractivity contribution in [3.63, 3.8) is 0 Å². The Morgan fingerprint density at radius 1 is 1.56 bits per heavy atom. The van der Waals surface area contributed by atoms with Gasteiger partial charge in [-0.3, -0.25) is 5.32 Å². The molecule has 0 saturated carbocycles. The van der Waals surface area contributed by atoms with Crippen molar-refractivity contribution in [2.24, 2.45) is 0 Å². The molecule has 0 amide bonds. The van der Waals surface area contributed by atoms with Crippen molar-refractivity contribution in [1.29, 1.82) is 0 Å². The third kappa shape index (κ3) is 3.68. The second-order valence-electron chi connectivity index (χ2n) is 4.99. The van der Waals surface area contributed by atoms with E-state index in [0.717, 1.165) is 12.8 Å². The molecule has 0 radical (unpaired) electrons. The minimum atomic E-state index is 0.242. The molecule has 0 spiro atoms. The van der Waals surface area contributed by atoms with Crippen LogP contribution >= 0.6 is 0 Å². The number of hydrogen-bond donors (Lipinski definition) is 1. The summed E-state index contributed by atoms with van der Waals surface area (Å²) in [5.41, 5.74) is 0.242. The fraction of sp³-hybridized carbons (Fsp3) is 0.733. The molecule has 1 fully saturated rings.